The molecule has 1 amide bonds. The molecule has 1 aliphatic carbocycles. The highest BCUT2D eigenvalue weighted by Crippen LogP contribution is 2.12. The van der Waals surface area contributed by atoms with Gasteiger partial charge in [-0.05, 0) is 43.5 Å². The average Bonchev–Trinajstić information content (AvgIpc) is 2.48. The average molecular weight is 256 g/mol. The number of amides is 1. The number of allylic oxidation sites excluding steroid dienone is 3. The van der Waals surface area contributed by atoms with Crippen LogP contribution in [-0.4, -0.2) is 19.5 Å². The number of benzene rings is 1. The van der Waals surface area contributed by atoms with Crippen molar-refractivity contribution in [3.05, 3.63) is 53.6 Å². The first-order valence-corrected chi connectivity index (χ1v) is 6.71. The Kier molecular flexibility index (Phi) is 4.78. The Morgan fingerprint density at radius 1 is 1.21 bits per heavy atom. The van der Waals surface area contributed by atoms with Gasteiger partial charge in [-0.2, -0.15) is 0 Å². The van der Waals surface area contributed by atoms with E-state index in [4.69, 9.17) is 0 Å². The maximum Gasteiger partial charge on any atom is 0.251 e. The predicted octanol–water partition coefficient (Wildman–Crippen LogP) is 3.12. The standard InChI is InChI=1S/C16H20N2O/c1-17-15-9-7-14(8-10-15)16(19)18-12-11-13-5-3-2-4-6-13/h3,5-10,17H,2,4,11-12H2,1H3,(H,18,19). The second kappa shape index (κ2) is 6.78. The molecule has 19 heavy (non-hydrogen) atoms. The topological polar surface area (TPSA) is 41.1 Å². The first-order chi connectivity index (χ1) is 9.29. The summed E-state index contributed by atoms with van der Waals surface area (Å²) in [6.07, 6.45) is 9.73. The molecule has 0 spiro atoms. The summed E-state index contributed by atoms with van der Waals surface area (Å²) in [7, 11) is 1.86. The van der Waals surface area contributed by atoms with Gasteiger partial charge in [-0.3, -0.25) is 4.79 Å². The van der Waals surface area contributed by atoms with Gasteiger partial charge in [0.05, 0.1) is 0 Å². The summed E-state index contributed by atoms with van der Waals surface area (Å²) in [5.41, 5.74) is 3.03. The van der Waals surface area contributed by atoms with Crippen LogP contribution in [0.4, 0.5) is 5.69 Å². The van der Waals surface area contributed by atoms with Gasteiger partial charge in [0.25, 0.3) is 5.91 Å². The summed E-state index contributed by atoms with van der Waals surface area (Å²) < 4.78 is 0. The molecule has 0 unspecified atom stereocenters. The Bertz CT molecular complexity index is 486. The molecule has 1 aliphatic rings. The van der Waals surface area contributed by atoms with Crippen LogP contribution in [0.1, 0.15) is 29.6 Å². The lowest BCUT2D eigenvalue weighted by Crippen LogP contribution is -2.24. The van der Waals surface area contributed by atoms with Gasteiger partial charge in [0.1, 0.15) is 0 Å². The fourth-order valence-corrected chi connectivity index (χ4v) is 2.06. The Morgan fingerprint density at radius 2 is 2.00 bits per heavy atom. The van der Waals surface area contributed by atoms with Gasteiger partial charge in [0, 0.05) is 24.8 Å². The molecule has 0 saturated carbocycles. The molecular formula is C16H20N2O. The summed E-state index contributed by atoms with van der Waals surface area (Å²) in [6.45, 7) is 0.683. The lowest BCUT2D eigenvalue weighted by Gasteiger charge is -2.09. The number of carbonyl (C=O) groups is 1. The highest BCUT2D eigenvalue weighted by Gasteiger charge is 2.05. The fraction of sp³-hybridized carbons (Fsp3) is 0.312. The number of hydrogen-bond donors (Lipinski definition) is 2. The van der Waals surface area contributed by atoms with Crippen molar-refractivity contribution >= 4 is 11.6 Å². The summed E-state index contributed by atoms with van der Waals surface area (Å²) in [5, 5.41) is 5.98. The summed E-state index contributed by atoms with van der Waals surface area (Å²) in [4.78, 5) is 11.9. The van der Waals surface area contributed by atoms with E-state index in [1.54, 1.807) is 0 Å². The molecule has 0 aliphatic heterocycles. The molecule has 0 bridgehead atoms. The highest BCUT2D eigenvalue weighted by atomic mass is 16.1. The molecule has 1 aromatic carbocycles. The number of carbonyl (C=O) groups excluding carboxylic acids is 1. The molecule has 3 heteroatoms. The van der Waals surface area contributed by atoms with Crippen molar-refractivity contribution in [1.29, 1.82) is 0 Å². The number of anilines is 1. The minimum Gasteiger partial charge on any atom is -0.388 e. The van der Waals surface area contributed by atoms with Crippen molar-refractivity contribution in [3.63, 3.8) is 0 Å². The van der Waals surface area contributed by atoms with Crippen molar-refractivity contribution in [3.8, 4) is 0 Å². The Morgan fingerprint density at radius 3 is 2.63 bits per heavy atom. The normalized spacial score (nSPS) is 13.8. The molecule has 0 atom stereocenters. The molecule has 1 aromatic rings. The van der Waals surface area contributed by atoms with Crippen LogP contribution in [0.2, 0.25) is 0 Å². The van der Waals surface area contributed by atoms with Crippen molar-refractivity contribution < 1.29 is 4.79 Å². The number of nitrogens with one attached hydrogen (secondary N) is 2. The van der Waals surface area contributed by atoms with Crippen LogP contribution in [0.15, 0.2) is 48.1 Å². The second-order valence-corrected chi connectivity index (χ2v) is 4.59. The van der Waals surface area contributed by atoms with E-state index in [0.717, 1.165) is 24.9 Å². The Labute approximate surface area is 114 Å². The quantitative estimate of drug-likeness (QED) is 0.850. The molecule has 0 aromatic heterocycles. The lowest BCUT2D eigenvalue weighted by atomic mass is 10.0. The third-order valence-corrected chi connectivity index (χ3v) is 3.21. The van der Waals surface area contributed by atoms with Gasteiger partial charge >= 0.3 is 0 Å². The summed E-state index contributed by atoms with van der Waals surface area (Å²) in [6, 6.07) is 7.48. The van der Waals surface area contributed by atoms with Crippen molar-refractivity contribution in [2.75, 3.05) is 18.9 Å². The molecule has 0 fully saturated rings. The van der Waals surface area contributed by atoms with Crippen LogP contribution in [0.3, 0.4) is 0 Å². The molecule has 0 saturated heterocycles. The van der Waals surface area contributed by atoms with E-state index in [1.807, 2.05) is 31.3 Å². The van der Waals surface area contributed by atoms with Crippen LogP contribution in [0, 0.1) is 0 Å². The molecular weight excluding hydrogens is 236 g/mol. The zero-order valence-electron chi connectivity index (χ0n) is 11.3. The highest BCUT2D eigenvalue weighted by molar-refractivity contribution is 5.94. The van der Waals surface area contributed by atoms with Gasteiger partial charge in [-0.15, -0.1) is 0 Å². The third kappa shape index (κ3) is 3.98. The van der Waals surface area contributed by atoms with Crippen molar-refractivity contribution in [1.82, 2.24) is 5.32 Å². The molecule has 0 radical (unpaired) electrons. The van der Waals surface area contributed by atoms with E-state index in [0.29, 0.717) is 12.1 Å². The number of hydrogen-bond acceptors (Lipinski definition) is 2. The van der Waals surface area contributed by atoms with Crippen LogP contribution >= 0.6 is 0 Å². The first-order valence-electron chi connectivity index (χ1n) is 6.71. The second-order valence-electron chi connectivity index (χ2n) is 4.59. The van der Waals surface area contributed by atoms with Crippen molar-refractivity contribution in [2.45, 2.75) is 19.3 Å². The SMILES string of the molecule is CNc1ccc(C(=O)NCCC2=CCCC=C2)cc1. The van der Waals surface area contributed by atoms with Gasteiger partial charge < -0.3 is 10.6 Å². The van der Waals surface area contributed by atoms with Crippen LogP contribution in [0.5, 0.6) is 0 Å². The van der Waals surface area contributed by atoms with Gasteiger partial charge in [0.2, 0.25) is 0 Å². The van der Waals surface area contributed by atoms with E-state index in [2.05, 4.69) is 28.9 Å². The molecule has 2 rings (SSSR count). The van der Waals surface area contributed by atoms with Gasteiger partial charge in [-0.1, -0.05) is 23.8 Å². The molecule has 100 valence electrons. The minimum absolute atomic E-state index is 0.0111. The summed E-state index contributed by atoms with van der Waals surface area (Å²) in [5.74, 6) is -0.0111. The number of rotatable bonds is 5. The smallest absolute Gasteiger partial charge is 0.251 e. The fourth-order valence-electron chi connectivity index (χ4n) is 2.06. The van der Waals surface area contributed by atoms with Gasteiger partial charge in [-0.25, -0.2) is 0 Å². The van der Waals surface area contributed by atoms with E-state index < -0.39 is 0 Å². The monoisotopic (exact) mass is 256 g/mol. The zero-order valence-corrected chi connectivity index (χ0v) is 11.3. The molecule has 2 N–H and O–H groups in total. The van der Waals surface area contributed by atoms with E-state index in [1.165, 1.54) is 5.57 Å². The van der Waals surface area contributed by atoms with Crippen LogP contribution in [-0.2, 0) is 0 Å². The first kappa shape index (κ1) is 13.4. The van der Waals surface area contributed by atoms with Crippen LogP contribution < -0.4 is 10.6 Å². The molecule has 0 heterocycles. The van der Waals surface area contributed by atoms with E-state index in [9.17, 15) is 4.79 Å². The lowest BCUT2D eigenvalue weighted by molar-refractivity contribution is 0.0954. The molecule has 3 nitrogen and oxygen atoms in total. The maximum atomic E-state index is 11.9. The maximum absolute atomic E-state index is 11.9. The minimum atomic E-state index is -0.0111. The largest absolute Gasteiger partial charge is 0.388 e. The van der Waals surface area contributed by atoms with E-state index >= 15 is 0 Å². The zero-order chi connectivity index (χ0) is 13.5. The summed E-state index contributed by atoms with van der Waals surface area (Å²) >= 11 is 0. The van der Waals surface area contributed by atoms with E-state index in [-0.39, 0.29) is 5.91 Å². The van der Waals surface area contributed by atoms with Crippen molar-refractivity contribution in [2.24, 2.45) is 0 Å². The Hall–Kier alpha value is -2.03. The van der Waals surface area contributed by atoms with Gasteiger partial charge in [0.15, 0.2) is 0 Å². The third-order valence-electron chi connectivity index (χ3n) is 3.21. The Balaban J connectivity index is 1.80. The predicted molar refractivity (Wildman–Crippen MR) is 79.4 cm³/mol. The van der Waals surface area contributed by atoms with Crippen LogP contribution in [0.25, 0.3) is 0 Å².